The van der Waals surface area contributed by atoms with Crippen LogP contribution in [-0.2, 0) is 10.7 Å². The molecule has 0 aromatic heterocycles. The molecule has 7 heteroatoms. The molecule has 0 heterocycles. The summed E-state index contributed by atoms with van der Waals surface area (Å²) in [7, 11) is 0. The van der Waals surface area contributed by atoms with Crippen molar-refractivity contribution >= 4 is 60.8 Å². The minimum Gasteiger partial charge on any atom is -0.288 e. The third kappa shape index (κ3) is 3.23. The van der Waals surface area contributed by atoms with Gasteiger partial charge in [0.15, 0.2) is 5.78 Å². The van der Waals surface area contributed by atoms with E-state index in [1.54, 1.807) is 0 Å². The molecule has 0 aliphatic carbocycles. The van der Waals surface area contributed by atoms with Crippen LogP contribution in [0.1, 0.15) is 27.0 Å². The molecule has 0 N–H and O–H groups in total. The number of halogens is 6. The lowest BCUT2D eigenvalue weighted by Gasteiger charge is -2.10. The quantitative estimate of drug-likeness (QED) is 0.377. The second-order valence-corrected chi connectivity index (χ2v) is 6.27. The molecule has 0 amide bonds. The van der Waals surface area contributed by atoms with Gasteiger partial charge in [0.2, 0.25) is 0 Å². The highest BCUT2D eigenvalue weighted by Gasteiger charge is 2.22. The molecule has 116 valence electrons. The molecule has 0 spiro atoms. The molecule has 0 aliphatic heterocycles. The van der Waals surface area contributed by atoms with Crippen LogP contribution in [0.25, 0.3) is 0 Å². The molecular formula is C15H8Br2Cl2F2O. The van der Waals surface area contributed by atoms with Crippen molar-refractivity contribution in [3.63, 3.8) is 0 Å². The van der Waals surface area contributed by atoms with E-state index in [1.165, 1.54) is 24.3 Å². The maximum absolute atomic E-state index is 14.0. The highest BCUT2D eigenvalue weighted by atomic mass is 79.9. The van der Waals surface area contributed by atoms with E-state index in [-0.39, 0.29) is 31.8 Å². The molecule has 0 bridgehead atoms. The first kappa shape index (κ1) is 17.9. The van der Waals surface area contributed by atoms with Gasteiger partial charge in [0.05, 0.1) is 10.0 Å². The number of benzene rings is 2. The van der Waals surface area contributed by atoms with Crippen LogP contribution in [0.5, 0.6) is 0 Å². The van der Waals surface area contributed by atoms with Crippen molar-refractivity contribution < 1.29 is 13.6 Å². The lowest BCUT2D eigenvalue weighted by molar-refractivity contribution is 0.103. The highest BCUT2D eigenvalue weighted by molar-refractivity contribution is 9.08. The Morgan fingerprint density at radius 1 is 0.864 bits per heavy atom. The molecule has 0 radical (unpaired) electrons. The SMILES string of the molecule is O=C(c1ccc(CBr)c(F)c1Cl)c1ccc(CBr)c(F)c1Cl. The fraction of sp³-hybridized carbons (Fsp3) is 0.133. The predicted molar refractivity (Wildman–Crippen MR) is 91.5 cm³/mol. The van der Waals surface area contributed by atoms with Gasteiger partial charge in [-0.3, -0.25) is 4.79 Å². The number of ketones is 1. The standard InChI is InChI=1S/C15H8Br2Cl2F2O/c16-5-7-1-3-9(11(18)13(7)20)15(22)10-4-2-8(6-17)14(21)12(10)19/h1-4H,5-6H2. The van der Waals surface area contributed by atoms with Gasteiger partial charge in [-0.2, -0.15) is 0 Å². The minimum absolute atomic E-state index is 0.0586. The molecule has 22 heavy (non-hydrogen) atoms. The third-order valence-electron chi connectivity index (χ3n) is 3.10. The molecule has 0 saturated heterocycles. The Morgan fingerprint density at radius 2 is 1.23 bits per heavy atom. The Kier molecular flexibility index (Phi) is 6.00. The predicted octanol–water partition coefficient (Wildman–Crippen LogP) is 6.29. The summed E-state index contributed by atoms with van der Waals surface area (Å²) in [6.45, 7) is 0. The van der Waals surface area contributed by atoms with Gasteiger partial charge < -0.3 is 0 Å². The van der Waals surface area contributed by atoms with E-state index in [2.05, 4.69) is 31.9 Å². The summed E-state index contributed by atoms with van der Waals surface area (Å²) in [5.74, 6) is -1.99. The Hall–Kier alpha value is -0.490. The van der Waals surface area contributed by atoms with E-state index < -0.39 is 17.4 Å². The fourth-order valence-corrected chi connectivity index (χ4v) is 3.29. The number of carbonyl (C=O) groups excluding carboxylic acids is 1. The first-order chi connectivity index (χ1) is 10.4. The molecule has 2 rings (SSSR count). The maximum atomic E-state index is 14.0. The van der Waals surface area contributed by atoms with E-state index in [0.717, 1.165) is 0 Å². The van der Waals surface area contributed by atoms with Gasteiger partial charge in [0.25, 0.3) is 0 Å². The Morgan fingerprint density at radius 3 is 1.55 bits per heavy atom. The molecule has 0 atom stereocenters. The van der Waals surface area contributed by atoms with Gasteiger partial charge in [0.1, 0.15) is 11.6 Å². The topological polar surface area (TPSA) is 17.1 Å². The number of alkyl halides is 2. The zero-order valence-corrected chi connectivity index (χ0v) is 15.6. The van der Waals surface area contributed by atoms with Crippen LogP contribution in [0, 0.1) is 11.6 Å². The third-order valence-corrected chi connectivity index (χ3v) is 5.05. The van der Waals surface area contributed by atoms with Gasteiger partial charge in [-0.15, -0.1) is 0 Å². The van der Waals surface area contributed by atoms with Crippen LogP contribution in [-0.4, -0.2) is 5.78 Å². The first-order valence-electron chi connectivity index (χ1n) is 6.02. The monoisotopic (exact) mass is 470 g/mol. The van der Waals surface area contributed by atoms with Gasteiger partial charge in [-0.05, 0) is 23.3 Å². The molecule has 2 aromatic carbocycles. The molecule has 0 fully saturated rings. The fourth-order valence-electron chi connectivity index (χ4n) is 1.88. The van der Waals surface area contributed by atoms with Gasteiger partial charge >= 0.3 is 0 Å². The van der Waals surface area contributed by atoms with Crippen molar-refractivity contribution in [3.05, 3.63) is 68.2 Å². The molecule has 1 nitrogen and oxygen atoms in total. The number of rotatable bonds is 4. The van der Waals surface area contributed by atoms with E-state index in [1.807, 2.05) is 0 Å². The lowest BCUT2D eigenvalue weighted by atomic mass is 10.0. The minimum atomic E-state index is -0.682. The normalized spacial score (nSPS) is 10.8. The van der Waals surface area contributed by atoms with E-state index in [4.69, 9.17) is 23.2 Å². The van der Waals surface area contributed by atoms with E-state index in [9.17, 15) is 13.6 Å². The zero-order chi connectivity index (χ0) is 16.4. The summed E-state index contributed by atoms with van der Waals surface area (Å²) in [5.41, 5.74) is 0.537. The Bertz CT molecular complexity index is 689. The molecule has 0 unspecified atom stereocenters. The highest BCUT2D eigenvalue weighted by Crippen LogP contribution is 2.31. The Balaban J connectivity index is 2.54. The van der Waals surface area contributed by atoms with Crippen molar-refractivity contribution in [2.45, 2.75) is 10.7 Å². The Labute approximate surface area is 152 Å². The van der Waals surface area contributed by atoms with Crippen molar-refractivity contribution in [2.75, 3.05) is 0 Å². The average Bonchev–Trinajstić information content (AvgIpc) is 2.52. The van der Waals surface area contributed by atoms with Crippen molar-refractivity contribution in [2.24, 2.45) is 0 Å². The zero-order valence-electron chi connectivity index (χ0n) is 10.9. The largest absolute Gasteiger partial charge is 0.288 e. The van der Waals surface area contributed by atoms with Gasteiger partial charge in [0, 0.05) is 21.8 Å². The van der Waals surface area contributed by atoms with Crippen molar-refractivity contribution in [1.29, 1.82) is 0 Å². The first-order valence-corrected chi connectivity index (χ1v) is 9.02. The van der Waals surface area contributed by atoms with Crippen LogP contribution >= 0.6 is 55.1 Å². The lowest BCUT2D eigenvalue weighted by Crippen LogP contribution is -2.07. The van der Waals surface area contributed by atoms with E-state index in [0.29, 0.717) is 11.1 Å². The molecule has 2 aromatic rings. The summed E-state index contributed by atoms with van der Waals surface area (Å²) in [5, 5.41) is -0.0731. The van der Waals surface area contributed by atoms with Crippen molar-refractivity contribution in [1.82, 2.24) is 0 Å². The average molecular weight is 473 g/mol. The number of carbonyl (C=O) groups is 1. The van der Waals surface area contributed by atoms with Crippen LogP contribution in [0.4, 0.5) is 8.78 Å². The molecule has 0 saturated carbocycles. The van der Waals surface area contributed by atoms with Crippen molar-refractivity contribution in [3.8, 4) is 0 Å². The summed E-state index contributed by atoms with van der Waals surface area (Å²) in [4.78, 5) is 12.5. The van der Waals surface area contributed by atoms with Gasteiger partial charge in [-0.1, -0.05) is 67.2 Å². The van der Waals surface area contributed by atoms with Crippen LogP contribution in [0.15, 0.2) is 24.3 Å². The molecule has 0 aliphatic rings. The van der Waals surface area contributed by atoms with E-state index >= 15 is 0 Å². The van der Waals surface area contributed by atoms with Crippen LogP contribution in [0.3, 0.4) is 0 Å². The summed E-state index contributed by atoms with van der Waals surface area (Å²) in [6.07, 6.45) is 0. The van der Waals surface area contributed by atoms with Crippen LogP contribution in [0.2, 0.25) is 10.0 Å². The summed E-state index contributed by atoms with van der Waals surface area (Å²) >= 11 is 18.1. The summed E-state index contributed by atoms with van der Waals surface area (Å²) < 4.78 is 28.0. The van der Waals surface area contributed by atoms with Crippen LogP contribution < -0.4 is 0 Å². The number of hydrogen-bond donors (Lipinski definition) is 0. The molecular weight excluding hydrogens is 465 g/mol. The second-order valence-electron chi connectivity index (χ2n) is 4.40. The summed E-state index contributed by atoms with van der Waals surface area (Å²) in [6, 6.07) is 5.69. The smallest absolute Gasteiger partial charge is 0.196 e. The van der Waals surface area contributed by atoms with Gasteiger partial charge in [-0.25, -0.2) is 8.78 Å². The number of hydrogen-bond acceptors (Lipinski definition) is 1. The maximum Gasteiger partial charge on any atom is 0.196 e. The second kappa shape index (κ2) is 7.39.